The number of aryl methyl sites for hydroxylation is 1. The lowest BCUT2D eigenvalue weighted by Gasteiger charge is -2.14. The molecule has 2 aromatic rings. The molecule has 10 nitrogen and oxygen atoms in total. The van der Waals surface area contributed by atoms with Gasteiger partial charge in [0.1, 0.15) is 17.0 Å². The second-order valence-corrected chi connectivity index (χ2v) is 6.70. The third-order valence-corrected chi connectivity index (χ3v) is 4.52. The summed E-state index contributed by atoms with van der Waals surface area (Å²) in [6.45, 7) is 1.85. The van der Waals surface area contributed by atoms with Crippen LogP contribution in [0, 0.1) is 6.92 Å². The van der Waals surface area contributed by atoms with Gasteiger partial charge in [0.05, 0.1) is 17.7 Å². The van der Waals surface area contributed by atoms with Crippen LogP contribution in [0.4, 0.5) is 0 Å². The van der Waals surface area contributed by atoms with E-state index in [2.05, 4.69) is 4.98 Å². The van der Waals surface area contributed by atoms with Crippen LogP contribution in [0.3, 0.4) is 0 Å². The van der Waals surface area contributed by atoms with Gasteiger partial charge in [-0.05, 0) is 25.5 Å². The molecule has 2 heterocycles. The van der Waals surface area contributed by atoms with E-state index >= 15 is 0 Å². The van der Waals surface area contributed by atoms with Crippen molar-refractivity contribution in [3.8, 4) is 0 Å². The smallest absolute Gasteiger partial charge is 0.342 e. The van der Waals surface area contributed by atoms with Gasteiger partial charge in [-0.25, -0.2) is 10.6 Å². The summed E-state index contributed by atoms with van der Waals surface area (Å²) in [5.41, 5.74) is 6.11. The van der Waals surface area contributed by atoms with Gasteiger partial charge in [-0.2, -0.15) is 0 Å². The molecule has 0 aliphatic heterocycles. The second kappa shape index (κ2) is 8.89. The summed E-state index contributed by atoms with van der Waals surface area (Å²) in [4.78, 5) is 42.1. The average Bonchev–Trinajstić information content (AvgIpc) is 3.08. The number of fused-ring (bicyclic) bond motifs is 2. The second-order valence-electron chi connectivity index (χ2n) is 6.70. The van der Waals surface area contributed by atoms with Crippen molar-refractivity contribution in [3.05, 3.63) is 64.1 Å². The molecule has 0 spiro atoms. The fraction of sp³-hybridized carbons (Fsp3) is 0.300. The molecular formula is C20H22N4O6. The van der Waals surface area contributed by atoms with Crippen LogP contribution in [0.25, 0.3) is 0 Å². The van der Waals surface area contributed by atoms with Crippen LogP contribution in [-0.4, -0.2) is 52.4 Å². The molecule has 1 aliphatic carbocycles. The molecule has 2 aromatic heterocycles. The van der Waals surface area contributed by atoms with E-state index in [1.807, 2.05) is 0 Å². The first-order valence-electron chi connectivity index (χ1n) is 9.28. The van der Waals surface area contributed by atoms with Crippen molar-refractivity contribution in [2.45, 2.75) is 19.8 Å². The van der Waals surface area contributed by atoms with Gasteiger partial charge in [0.2, 0.25) is 11.6 Å². The lowest BCUT2D eigenvalue weighted by molar-refractivity contribution is 0.0504. The Balaban J connectivity index is 1.73. The highest BCUT2D eigenvalue weighted by molar-refractivity contribution is 6.29. The summed E-state index contributed by atoms with van der Waals surface area (Å²) < 4.78 is 10.7. The molecule has 5 N–H and O–H groups in total. The van der Waals surface area contributed by atoms with E-state index in [-0.39, 0.29) is 53.5 Å². The third-order valence-electron chi connectivity index (χ3n) is 4.52. The normalized spacial score (nSPS) is 13.1. The molecular weight excluding hydrogens is 392 g/mol. The molecule has 10 heteroatoms. The highest BCUT2D eigenvalue weighted by Crippen LogP contribution is 2.32. The Kier molecular flexibility index (Phi) is 6.28. The number of aliphatic hydroxyl groups excluding tert-OH is 1. The van der Waals surface area contributed by atoms with Crippen molar-refractivity contribution in [3.63, 3.8) is 0 Å². The summed E-state index contributed by atoms with van der Waals surface area (Å²) >= 11 is 0. The zero-order chi connectivity index (χ0) is 21.8. The standard InChI is InChI=1S/C20H22N4O6/c1-11-14(20(28)29-9-5-12(21)10-24(22)7-3-8-25)15-18(27)16-13(4-2-6-23-16)17(26)19(15)30-11/h2,4,6,10,25H,3,5,7-9,21-22H2,1H3/b12-10-. The number of nitrogens with zero attached hydrogens (tertiary/aromatic N) is 2. The first-order valence-corrected chi connectivity index (χ1v) is 9.28. The number of carbonyl (C=O) groups is 3. The molecule has 0 fully saturated rings. The SMILES string of the molecule is Cc1oc2c(c1C(=O)OCC/C(N)=C/N(N)CCCO)C(=O)c1ncccc1C2=O. The maximum Gasteiger partial charge on any atom is 0.342 e. The Labute approximate surface area is 172 Å². The quantitative estimate of drug-likeness (QED) is 0.271. The van der Waals surface area contributed by atoms with Crippen molar-refractivity contribution in [2.24, 2.45) is 11.6 Å². The first kappa shape index (κ1) is 21.2. The number of rotatable bonds is 8. The van der Waals surface area contributed by atoms with Crippen molar-refractivity contribution < 1.29 is 28.6 Å². The number of esters is 1. The number of aliphatic hydroxyl groups is 1. The summed E-state index contributed by atoms with van der Waals surface area (Å²) in [6.07, 6.45) is 3.58. The van der Waals surface area contributed by atoms with Gasteiger partial charge in [0.25, 0.3) is 0 Å². The Morgan fingerprint density at radius 3 is 2.87 bits per heavy atom. The van der Waals surface area contributed by atoms with E-state index < -0.39 is 17.5 Å². The number of carbonyl (C=O) groups excluding carboxylic acids is 3. The molecule has 0 saturated carbocycles. The van der Waals surface area contributed by atoms with Gasteiger partial charge >= 0.3 is 5.97 Å². The van der Waals surface area contributed by atoms with Gasteiger partial charge in [0.15, 0.2) is 5.76 Å². The number of pyridine rings is 1. The molecule has 0 amide bonds. The lowest BCUT2D eigenvalue weighted by atomic mass is 9.90. The van der Waals surface area contributed by atoms with Gasteiger partial charge < -0.3 is 25.0 Å². The van der Waals surface area contributed by atoms with Crippen LogP contribution < -0.4 is 11.6 Å². The number of hydrogen-bond donors (Lipinski definition) is 3. The minimum Gasteiger partial charge on any atom is -0.462 e. The Morgan fingerprint density at radius 1 is 1.37 bits per heavy atom. The van der Waals surface area contributed by atoms with Crippen LogP contribution in [0.5, 0.6) is 0 Å². The van der Waals surface area contributed by atoms with Crippen molar-refractivity contribution in [1.29, 1.82) is 0 Å². The monoisotopic (exact) mass is 414 g/mol. The molecule has 1 aliphatic rings. The van der Waals surface area contributed by atoms with Crippen LogP contribution in [0.1, 0.15) is 61.1 Å². The lowest BCUT2D eigenvalue weighted by Crippen LogP contribution is -2.28. The first-order chi connectivity index (χ1) is 14.3. The maximum absolute atomic E-state index is 12.8. The number of aromatic nitrogens is 1. The highest BCUT2D eigenvalue weighted by Gasteiger charge is 2.39. The zero-order valence-electron chi connectivity index (χ0n) is 16.4. The molecule has 0 aromatic carbocycles. The van der Waals surface area contributed by atoms with E-state index in [9.17, 15) is 14.4 Å². The van der Waals surface area contributed by atoms with Crippen LogP contribution in [-0.2, 0) is 4.74 Å². The fourth-order valence-corrected chi connectivity index (χ4v) is 3.11. The fourth-order valence-electron chi connectivity index (χ4n) is 3.11. The predicted octanol–water partition coefficient (Wildman–Crippen LogP) is 0.664. The van der Waals surface area contributed by atoms with E-state index in [1.165, 1.54) is 30.4 Å². The molecule has 0 unspecified atom stereocenters. The van der Waals surface area contributed by atoms with Crippen molar-refractivity contribution >= 4 is 17.5 Å². The minimum absolute atomic E-state index is 0.00858. The van der Waals surface area contributed by atoms with Gasteiger partial charge in [0, 0.05) is 37.7 Å². The van der Waals surface area contributed by atoms with E-state index in [0.717, 1.165) is 0 Å². The average molecular weight is 414 g/mol. The van der Waals surface area contributed by atoms with E-state index in [1.54, 1.807) is 6.07 Å². The van der Waals surface area contributed by atoms with Gasteiger partial charge in [-0.3, -0.25) is 14.6 Å². The summed E-state index contributed by atoms with van der Waals surface area (Å²) in [6, 6.07) is 3.03. The van der Waals surface area contributed by atoms with Crippen LogP contribution in [0.15, 0.2) is 34.6 Å². The number of nitrogens with two attached hydrogens (primary N) is 2. The highest BCUT2D eigenvalue weighted by atomic mass is 16.5. The number of ketones is 2. The minimum atomic E-state index is -0.796. The summed E-state index contributed by atoms with van der Waals surface area (Å²) in [5.74, 6) is 3.76. The van der Waals surface area contributed by atoms with Crippen molar-refractivity contribution in [2.75, 3.05) is 19.8 Å². The summed E-state index contributed by atoms with van der Waals surface area (Å²) in [5, 5.41) is 10.1. The maximum atomic E-state index is 12.8. The largest absolute Gasteiger partial charge is 0.462 e. The van der Waals surface area contributed by atoms with Crippen LogP contribution in [0.2, 0.25) is 0 Å². The molecule has 0 radical (unpaired) electrons. The third kappa shape index (κ3) is 4.09. The topological polar surface area (TPSA) is 162 Å². The number of hydrazine groups is 1. The molecule has 0 bridgehead atoms. The Hall–Kier alpha value is -3.50. The Bertz CT molecular complexity index is 1030. The number of ether oxygens (including phenoxy) is 1. The molecule has 0 atom stereocenters. The van der Waals surface area contributed by atoms with Gasteiger partial charge in [-0.15, -0.1) is 0 Å². The molecule has 158 valence electrons. The van der Waals surface area contributed by atoms with E-state index in [0.29, 0.717) is 18.7 Å². The molecule has 3 rings (SSSR count). The number of furan rings is 1. The molecule has 0 saturated heterocycles. The zero-order valence-corrected chi connectivity index (χ0v) is 16.4. The predicted molar refractivity (Wildman–Crippen MR) is 104 cm³/mol. The molecule has 30 heavy (non-hydrogen) atoms. The van der Waals surface area contributed by atoms with Crippen molar-refractivity contribution in [1.82, 2.24) is 9.99 Å². The van der Waals surface area contributed by atoms with E-state index in [4.69, 9.17) is 25.8 Å². The summed E-state index contributed by atoms with van der Waals surface area (Å²) in [7, 11) is 0. The van der Waals surface area contributed by atoms with Gasteiger partial charge in [-0.1, -0.05) is 0 Å². The van der Waals surface area contributed by atoms with Crippen LogP contribution >= 0.6 is 0 Å². The number of hydrogen-bond acceptors (Lipinski definition) is 10. The Morgan fingerprint density at radius 2 is 2.13 bits per heavy atom.